The molecule has 0 aliphatic carbocycles. The average Bonchev–Trinajstić information content (AvgIpc) is 2.86. The minimum atomic E-state index is -0.118. The molecule has 0 aromatic carbocycles. The Morgan fingerprint density at radius 3 is 2.77 bits per heavy atom. The summed E-state index contributed by atoms with van der Waals surface area (Å²) in [4.78, 5) is 18.0. The highest BCUT2D eigenvalue weighted by Crippen LogP contribution is 2.23. The number of nitrogens with one attached hydrogen (secondary N) is 1. The summed E-state index contributed by atoms with van der Waals surface area (Å²) >= 11 is 0. The van der Waals surface area contributed by atoms with Gasteiger partial charge in [0, 0.05) is 33.1 Å². The van der Waals surface area contributed by atoms with E-state index in [9.17, 15) is 4.79 Å². The van der Waals surface area contributed by atoms with Crippen molar-refractivity contribution in [2.45, 2.75) is 46.5 Å². The number of hydrogen-bond acceptors (Lipinski definition) is 3. The zero-order valence-corrected chi connectivity index (χ0v) is 16.8. The van der Waals surface area contributed by atoms with Crippen LogP contribution < -0.4 is 5.32 Å². The van der Waals surface area contributed by atoms with E-state index >= 15 is 0 Å². The van der Waals surface area contributed by atoms with E-state index in [1.54, 1.807) is 0 Å². The predicted octanol–water partition coefficient (Wildman–Crippen LogP) is 2.89. The maximum atomic E-state index is 11.3. The number of guanidine groups is 1. The maximum absolute atomic E-state index is 11.3. The molecule has 0 amide bonds. The molecule has 22 heavy (non-hydrogen) atoms. The SMILES string of the molecule is CCOC(=O)CCCNC(=NC)N1CCC(CC(C)C)C1.I. The van der Waals surface area contributed by atoms with Crippen LogP contribution in [0.1, 0.15) is 46.5 Å². The van der Waals surface area contributed by atoms with E-state index in [0.717, 1.165) is 43.9 Å². The molecule has 0 bridgehead atoms. The molecule has 1 rings (SSSR count). The van der Waals surface area contributed by atoms with Crippen LogP contribution >= 0.6 is 24.0 Å². The van der Waals surface area contributed by atoms with Gasteiger partial charge in [-0.05, 0) is 38.0 Å². The number of carbonyl (C=O) groups excluding carboxylic acids is 1. The van der Waals surface area contributed by atoms with Crippen molar-refractivity contribution in [1.82, 2.24) is 10.2 Å². The molecular weight excluding hydrogens is 393 g/mol. The van der Waals surface area contributed by atoms with Gasteiger partial charge in [-0.15, -0.1) is 24.0 Å². The Hall–Kier alpha value is -0.530. The van der Waals surface area contributed by atoms with Crippen LogP contribution in [0.2, 0.25) is 0 Å². The second-order valence-electron chi connectivity index (χ2n) is 6.11. The fourth-order valence-electron chi connectivity index (χ4n) is 2.88. The quantitative estimate of drug-likeness (QED) is 0.224. The zero-order chi connectivity index (χ0) is 15.7. The lowest BCUT2D eigenvalue weighted by Crippen LogP contribution is -2.40. The topological polar surface area (TPSA) is 53.9 Å². The lowest BCUT2D eigenvalue weighted by atomic mass is 9.97. The van der Waals surface area contributed by atoms with Crippen LogP contribution in [-0.2, 0) is 9.53 Å². The van der Waals surface area contributed by atoms with Gasteiger partial charge in [0.2, 0.25) is 0 Å². The number of aliphatic imine (C=N–C) groups is 1. The Labute approximate surface area is 152 Å². The molecule has 0 spiro atoms. The molecule has 0 aromatic rings. The molecule has 1 fully saturated rings. The van der Waals surface area contributed by atoms with Gasteiger partial charge < -0.3 is 15.0 Å². The molecule has 1 N–H and O–H groups in total. The van der Waals surface area contributed by atoms with Crippen LogP contribution in [0.15, 0.2) is 4.99 Å². The lowest BCUT2D eigenvalue weighted by Gasteiger charge is -2.22. The standard InChI is InChI=1S/C16H31N3O2.HI/c1-5-21-15(20)7-6-9-18-16(17-4)19-10-8-14(12-19)11-13(2)3;/h13-14H,5-12H2,1-4H3,(H,17,18);1H. The van der Waals surface area contributed by atoms with Crippen LogP contribution in [-0.4, -0.2) is 50.1 Å². The Morgan fingerprint density at radius 1 is 1.45 bits per heavy atom. The predicted molar refractivity (Wildman–Crippen MR) is 102 cm³/mol. The summed E-state index contributed by atoms with van der Waals surface area (Å²) in [5.74, 6) is 2.38. The fourth-order valence-corrected chi connectivity index (χ4v) is 2.88. The molecule has 1 aliphatic rings. The van der Waals surface area contributed by atoms with E-state index in [1.165, 1.54) is 12.8 Å². The first-order valence-electron chi connectivity index (χ1n) is 8.18. The summed E-state index contributed by atoms with van der Waals surface area (Å²) in [6.45, 7) is 9.79. The molecule has 6 heteroatoms. The Bertz CT molecular complexity index is 348. The van der Waals surface area contributed by atoms with Gasteiger partial charge in [-0.1, -0.05) is 13.8 Å². The monoisotopic (exact) mass is 425 g/mol. The summed E-state index contributed by atoms with van der Waals surface area (Å²) < 4.78 is 4.92. The lowest BCUT2D eigenvalue weighted by molar-refractivity contribution is -0.143. The summed E-state index contributed by atoms with van der Waals surface area (Å²) in [6, 6.07) is 0. The smallest absolute Gasteiger partial charge is 0.305 e. The number of esters is 1. The van der Waals surface area contributed by atoms with E-state index in [4.69, 9.17) is 4.74 Å². The molecule has 1 saturated heterocycles. The molecule has 1 unspecified atom stereocenters. The largest absolute Gasteiger partial charge is 0.466 e. The third kappa shape index (κ3) is 8.19. The minimum Gasteiger partial charge on any atom is -0.466 e. The third-order valence-corrected chi connectivity index (χ3v) is 3.75. The second-order valence-corrected chi connectivity index (χ2v) is 6.11. The van der Waals surface area contributed by atoms with Crippen LogP contribution in [0, 0.1) is 11.8 Å². The van der Waals surface area contributed by atoms with Crippen molar-refractivity contribution >= 4 is 35.9 Å². The second kappa shape index (κ2) is 12.0. The van der Waals surface area contributed by atoms with Gasteiger partial charge in [0.05, 0.1) is 6.61 Å². The number of likely N-dealkylation sites (tertiary alicyclic amines) is 1. The number of carbonyl (C=O) groups is 1. The van der Waals surface area contributed by atoms with Crippen LogP contribution in [0.25, 0.3) is 0 Å². The molecule has 0 aromatic heterocycles. The molecule has 1 heterocycles. The molecule has 130 valence electrons. The van der Waals surface area contributed by atoms with Crippen LogP contribution in [0.5, 0.6) is 0 Å². The molecule has 0 radical (unpaired) electrons. The maximum Gasteiger partial charge on any atom is 0.305 e. The Morgan fingerprint density at radius 2 is 2.18 bits per heavy atom. The van der Waals surface area contributed by atoms with E-state index in [2.05, 4.69) is 29.1 Å². The first-order chi connectivity index (χ1) is 10.1. The molecule has 0 saturated carbocycles. The summed E-state index contributed by atoms with van der Waals surface area (Å²) in [7, 11) is 1.82. The highest BCUT2D eigenvalue weighted by molar-refractivity contribution is 14.0. The fraction of sp³-hybridized carbons (Fsp3) is 0.875. The summed E-state index contributed by atoms with van der Waals surface area (Å²) in [5, 5.41) is 3.35. The molecule has 1 aliphatic heterocycles. The highest BCUT2D eigenvalue weighted by atomic mass is 127. The van der Waals surface area contributed by atoms with Gasteiger partial charge in [-0.3, -0.25) is 9.79 Å². The summed E-state index contributed by atoms with van der Waals surface area (Å²) in [6.07, 6.45) is 3.78. The highest BCUT2D eigenvalue weighted by Gasteiger charge is 2.25. The van der Waals surface area contributed by atoms with Gasteiger partial charge >= 0.3 is 5.97 Å². The van der Waals surface area contributed by atoms with Crippen LogP contribution in [0.4, 0.5) is 0 Å². The van der Waals surface area contributed by atoms with Gasteiger partial charge in [0.1, 0.15) is 0 Å². The van der Waals surface area contributed by atoms with Crippen molar-refractivity contribution in [3.05, 3.63) is 0 Å². The van der Waals surface area contributed by atoms with E-state index < -0.39 is 0 Å². The number of rotatable bonds is 7. The van der Waals surface area contributed by atoms with Crippen LogP contribution in [0.3, 0.4) is 0 Å². The van der Waals surface area contributed by atoms with Crippen molar-refractivity contribution in [2.24, 2.45) is 16.8 Å². The van der Waals surface area contributed by atoms with E-state index in [0.29, 0.717) is 13.0 Å². The zero-order valence-electron chi connectivity index (χ0n) is 14.4. The average molecular weight is 425 g/mol. The van der Waals surface area contributed by atoms with Gasteiger partial charge in [0.25, 0.3) is 0 Å². The number of halogens is 1. The van der Waals surface area contributed by atoms with E-state index in [-0.39, 0.29) is 29.9 Å². The van der Waals surface area contributed by atoms with Crippen molar-refractivity contribution in [2.75, 3.05) is 33.3 Å². The number of nitrogens with zero attached hydrogens (tertiary/aromatic N) is 2. The minimum absolute atomic E-state index is 0. The first kappa shape index (κ1) is 21.5. The molecule has 1 atom stereocenters. The summed E-state index contributed by atoms with van der Waals surface area (Å²) in [5.41, 5.74) is 0. The van der Waals surface area contributed by atoms with E-state index in [1.807, 2.05) is 14.0 Å². The normalized spacial score (nSPS) is 18.3. The van der Waals surface area contributed by atoms with Crippen molar-refractivity contribution in [1.29, 1.82) is 0 Å². The Balaban J connectivity index is 0.00000441. The van der Waals surface area contributed by atoms with Gasteiger partial charge in [-0.25, -0.2) is 0 Å². The third-order valence-electron chi connectivity index (χ3n) is 3.75. The number of ether oxygens (including phenoxy) is 1. The van der Waals surface area contributed by atoms with Gasteiger partial charge in [0.15, 0.2) is 5.96 Å². The number of hydrogen-bond donors (Lipinski definition) is 1. The van der Waals surface area contributed by atoms with Crippen molar-refractivity contribution in [3.8, 4) is 0 Å². The van der Waals surface area contributed by atoms with Crippen molar-refractivity contribution < 1.29 is 9.53 Å². The van der Waals surface area contributed by atoms with Gasteiger partial charge in [-0.2, -0.15) is 0 Å². The Kier molecular flexibility index (Phi) is 11.7. The first-order valence-corrected chi connectivity index (χ1v) is 8.18. The molecule has 5 nitrogen and oxygen atoms in total. The van der Waals surface area contributed by atoms with Crippen molar-refractivity contribution in [3.63, 3.8) is 0 Å². The molecular formula is C16H32IN3O2.